The Morgan fingerprint density at radius 2 is 2.33 bits per heavy atom. The average molecular weight is 129 g/mol. The predicted octanol–water partition coefficient (Wildman–Crippen LogP) is 0.366. The molecule has 0 saturated heterocycles. The van der Waals surface area contributed by atoms with E-state index >= 15 is 0 Å². The number of carbonyl (C=O) groups is 1. The molecule has 0 aromatic heterocycles. The molecule has 3 heteroatoms. The lowest BCUT2D eigenvalue weighted by Gasteiger charge is -1.94. The highest BCUT2D eigenvalue weighted by Crippen LogP contribution is 1.95. The van der Waals surface area contributed by atoms with Gasteiger partial charge in [0.05, 0.1) is 0 Å². The molecule has 0 bridgehead atoms. The third-order valence-corrected chi connectivity index (χ3v) is 1.04. The topological polar surface area (TPSA) is 63.3 Å². The summed E-state index contributed by atoms with van der Waals surface area (Å²) >= 11 is 0. The fourth-order valence-electron chi connectivity index (χ4n) is 0.480. The Labute approximate surface area is 54.2 Å². The Kier molecular flexibility index (Phi) is 3.71. The molecule has 9 heavy (non-hydrogen) atoms. The molecule has 0 aromatic rings. The Morgan fingerprint density at radius 3 is 2.44 bits per heavy atom. The van der Waals surface area contributed by atoms with Gasteiger partial charge in [0.15, 0.2) is 0 Å². The zero-order chi connectivity index (χ0) is 7.28. The van der Waals surface area contributed by atoms with Crippen molar-refractivity contribution in [2.45, 2.75) is 13.3 Å². The molecule has 0 amide bonds. The van der Waals surface area contributed by atoms with E-state index in [0.29, 0.717) is 13.0 Å². The molecular weight excluding hydrogens is 118 g/mol. The molecule has 3 nitrogen and oxygen atoms in total. The first-order valence-electron chi connectivity index (χ1n) is 2.83. The van der Waals surface area contributed by atoms with E-state index in [0.717, 1.165) is 11.6 Å². The van der Waals surface area contributed by atoms with E-state index in [9.17, 15) is 4.79 Å². The van der Waals surface area contributed by atoms with Gasteiger partial charge in [0, 0.05) is 12.6 Å². The first kappa shape index (κ1) is 8.17. The molecule has 0 unspecified atom stereocenters. The van der Waals surface area contributed by atoms with Crippen LogP contribution in [0.25, 0.3) is 0 Å². The van der Waals surface area contributed by atoms with Crippen molar-refractivity contribution in [2.24, 2.45) is 5.73 Å². The quantitative estimate of drug-likeness (QED) is 0.541. The van der Waals surface area contributed by atoms with Crippen LogP contribution >= 0.6 is 0 Å². The maximum atomic E-state index is 10.00. The van der Waals surface area contributed by atoms with Crippen molar-refractivity contribution < 1.29 is 9.90 Å². The van der Waals surface area contributed by atoms with E-state index < -0.39 is 5.97 Å². The SMILES string of the molecule is CCC(=CC(=O)O)CN. The number of hydrogen-bond donors (Lipinski definition) is 2. The van der Waals surface area contributed by atoms with E-state index in [1.54, 1.807) is 0 Å². The summed E-state index contributed by atoms with van der Waals surface area (Å²) < 4.78 is 0. The maximum absolute atomic E-state index is 10.00. The van der Waals surface area contributed by atoms with Gasteiger partial charge in [0.2, 0.25) is 0 Å². The van der Waals surface area contributed by atoms with Crippen molar-refractivity contribution in [3.05, 3.63) is 11.6 Å². The molecule has 0 aromatic carbocycles. The third-order valence-electron chi connectivity index (χ3n) is 1.04. The highest BCUT2D eigenvalue weighted by Gasteiger charge is 1.93. The number of nitrogens with two attached hydrogens (primary N) is 1. The second kappa shape index (κ2) is 4.09. The van der Waals surface area contributed by atoms with Crippen LogP contribution in [0.2, 0.25) is 0 Å². The van der Waals surface area contributed by atoms with Gasteiger partial charge in [0.1, 0.15) is 0 Å². The summed E-state index contributed by atoms with van der Waals surface area (Å²) in [5, 5.41) is 8.21. The van der Waals surface area contributed by atoms with Crippen molar-refractivity contribution >= 4 is 5.97 Å². The van der Waals surface area contributed by atoms with Crippen LogP contribution in [0.5, 0.6) is 0 Å². The van der Waals surface area contributed by atoms with Gasteiger partial charge in [-0.2, -0.15) is 0 Å². The lowest BCUT2D eigenvalue weighted by molar-refractivity contribution is -0.131. The van der Waals surface area contributed by atoms with Crippen LogP contribution < -0.4 is 5.73 Å². The largest absolute Gasteiger partial charge is 0.478 e. The van der Waals surface area contributed by atoms with Crippen molar-refractivity contribution in [1.29, 1.82) is 0 Å². The summed E-state index contributed by atoms with van der Waals surface area (Å²) in [6.07, 6.45) is 1.86. The number of rotatable bonds is 3. The lowest BCUT2D eigenvalue weighted by atomic mass is 10.2. The summed E-state index contributed by atoms with van der Waals surface area (Å²) in [5.41, 5.74) is 5.97. The summed E-state index contributed by atoms with van der Waals surface area (Å²) in [4.78, 5) is 10.00. The molecule has 0 rings (SSSR count). The van der Waals surface area contributed by atoms with Crippen molar-refractivity contribution in [1.82, 2.24) is 0 Å². The molecule has 3 N–H and O–H groups in total. The molecule has 0 saturated carbocycles. The Balaban J connectivity index is 3.91. The fourth-order valence-corrected chi connectivity index (χ4v) is 0.480. The Bertz CT molecular complexity index is 123. The molecule has 0 aliphatic rings. The number of hydrogen-bond acceptors (Lipinski definition) is 2. The van der Waals surface area contributed by atoms with Gasteiger partial charge in [-0.15, -0.1) is 0 Å². The van der Waals surface area contributed by atoms with Crippen LogP contribution in [0.4, 0.5) is 0 Å². The van der Waals surface area contributed by atoms with Crippen LogP contribution in [0, 0.1) is 0 Å². The molecular formula is C6H11NO2. The maximum Gasteiger partial charge on any atom is 0.328 e. The summed E-state index contributed by atoms with van der Waals surface area (Å²) in [6, 6.07) is 0. The first-order chi connectivity index (χ1) is 4.20. The van der Waals surface area contributed by atoms with Crippen LogP contribution in [-0.4, -0.2) is 17.6 Å². The van der Waals surface area contributed by atoms with Crippen LogP contribution in [0.3, 0.4) is 0 Å². The minimum atomic E-state index is -0.919. The second-order valence-electron chi connectivity index (χ2n) is 1.70. The summed E-state index contributed by atoms with van der Waals surface area (Å²) in [7, 11) is 0. The Hall–Kier alpha value is -0.830. The monoisotopic (exact) mass is 129 g/mol. The van der Waals surface area contributed by atoms with Crippen molar-refractivity contribution in [2.75, 3.05) is 6.54 Å². The highest BCUT2D eigenvalue weighted by molar-refractivity contribution is 5.80. The number of carboxylic acid groups (broad SMARTS) is 1. The van der Waals surface area contributed by atoms with Crippen molar-refractivity contribution in [3.8, 4) is 0 Å². The minimum absolute atomic E-state index is 0.336. The summed E-state index contributed by atoms with van der Waals surface area (Å²) in [5.74, 6) is -0.919. The zero-order valence-corrected chi connectivity index (χ0v) is 5.42. The molecule has 52 valence electrons. The first-order valence-corrected chi connectivity index (χ1v) is 2.83. The van der Waals surface area contributed by atoms with Gasteiger partial charge in [-0.25, -0.2) is 4.79 Å². The van der Waals surface area contributed by atoms with Gasteiger partial charge in [0.25, 0.3) is 0 Å². The summed E-state index contributed by atoms with van der Waals surface area (Å²) in [6.45, 7) is 2.21. The average Bonchev–Trinajstić information content (AvgIpc) is 1.82. The standard InChI is InChI=1S/C6H11NO2/c1-2-5(4-7)3-6(8)9/h3H,2,4,7H2,1H3,(H,8,9). The van der Waals surface area contributed by atoms with E-state index in [1.807, 2.05) is 6.92 Å². The Morgan fingerprint density at radius 1 is 1.78 bits per heavy atom. The van der Waals surface area contributed by atoms with Gasteiger partial charge in [-0.3, -0.25) is 0 Å². The van der Waals surface area contributed by atoms with Crippen LogP contribution in [0.15, 0.2) is 11.6 Å². The molecule has 0 spiro atoms. The normalized spacial score (nSPS) is 11.6. The lowest BCUT2D eigenvalue weighted by Crippen LogP contribution is -2.04. The fraction of sp³-hybridized carbons (Fsp3) is 0.500. The van der Waals surface area contributed by atoms with Crippen molar-refractivity contribution in [3.63, 3.8) is 0 Å². The number of aliphatic carboxylic acids is 1. The molecule has 0 aliphatic heterocycles. The zero-order valence-electron chi connectivity index (χ0n) is 5.42. The van der Waals surface area contributed by atoms with Crippen LogP contribution in [0.1, 0.15) is 13.3 Å². The molecule has 0 heterocycles. The van der Waals surface area contributed by atoms with E-state index in [4.69, 9.17) is 10.8 Å². The predicted molar refractivity (Wildman–Crippen MR) is 35.1 cm³/mol. The smallest absolute Gasteiger partial charge is 0.328 e. The van der Waals surface area contributed by atoms with Gasteiger partial charge < -0.3 is 10.8 Å². The van der Waals surface area contributed by atoms with E-state index in [2.05, 4.69) is 0 Å². The molecule has 0 fully saturated rings. The van der Waals surface area contributed by atoms with Gasteiger partial charge in [-0.05, 0) is 12.0 Å². The molecule has 0 radical (unpaired) electrons. The molecule has 0 atom stereocenters. The molecule has 0 aliphatic carbocycles. The number of carboxylic acids is 1. The van der Waals surface area contributed by atoms with Gasteiger partial charge >= 0.3 is 5.97 Å². The van der Waals surface area contributed by atoms with Crippen LogP contribution in [-0.2, 0) is 4.79 Å². The van der Waals surface area contributed by atoms with E-state index in [1.165, 1.54) is 0 Å². The van der Waals surface area contributed by atoms with Gasteiger partial charge in [-0.1, -0.05) is 6.92 Å². The second-order valence-corrected chi connectivity index (χ2v) is 1.70. The van der Waals surface area contributed by atoms with E-state index in [-0.39, 0.29) is 0 Å². The minimum Gasteiger partial charge on any atom is -0.478 e. The highest BCUT2D eigenvalue weighted by atomic mass is 16.4. The third kappa shape index (κ3) is 3.73.